The van der Waals surface area contributed by atoms with Gasteiger partial charge < -0.3 is 39.0 Å². The van der Waals surface area contributed by atoms with Crippen molar-refractivity contribution in [3.05, 3.63) is 36.5 Å². The summed E-state index contributed by atoms with van der Waals surface area (Å²) in [6, 6.07) is 0. The summed E-state index contributed by atoms with van der Waals surface area (Å²) in [6.45, 7) is 5.97. The van der Waals surface area contributed by atoms with Crippen LogP contribution in [0, 0.1) is 0 Å². The van der Waals surface area contributed by atoms with Gasteiger partial charge in [0.25, 0.3) is 0 Å². The Labute approximate surface area is 470 Å². The molecule has 1 rings (SSSR count). The number of rotatable bonds is 55. The van der Waals surface area contributed by atoms with Crippen molar-refractivity contribution in [2.24, 2.45) is 0 Å². The van der Waals surface area contributed by atoms with Crippen LogP contribution in [-0.2, 0) is 42.9 Å². The maximum Gasteiger partial charge on any atom is 0.335 e. The minimum Gasteiger partial charge on any atom is -0.479 e. The van der Waals surface area contributed by atoms with Crippen molar-refractivity contribution in [3.63, 3.8) is 0 Å². The fourth-order valence-electron chi connectivity index (χ4n) is 9.79. The first kappa shape index (κ1) is 72.0. The van der Waals surface area contributed by atoms with Crippen LogP contribution in [0.15, 0.2) is 36.5 Å². The van der Waals surface area contributed by atoms with Gasteiger partial charge in [0.2, 0.25) is 0 Å². The number of allylic oxidation sites excluding steroid dienone is 6. The van der Waals surface area contributed by atoms with Crippen LogP contribution in [0.25, 0.3) is 0 Å². The Morgan fingerprint density at radius 1 is 0.429 bits per heavy atom. The highest BCUT2D eigenvalue weighted by molar-refractivity contribution is 5.74. The Morgan fingerprint density at radius 3 is 1.21 bits per heavy atom. The molecule has 0 aromatic heterocycles. The highest BCUT2D eigenvalue weighted by Crippen LogP contribution is 2.27. The summed E-state index contributed by atoms with van der Waals surface area (Å²) < 4.78 is 28.5. The van der Waals surface area contributed by atoms with Crippen LogP contribution in [-0.4, -0.2) is 89.2 Å². The lowest BCUT2D eigenvalue weighted by Crippen LogP contribution is -2.61. The van der Waals surface area contributed by atoms with Crippen molar-refractivity contribution in [1.29, 1.82) is 0 Å². The molecule has 1 aliphatic heterocycles. The topological polar surface area (TPSA) is 175 Å². The van der Waals surface area contributed by atoms with Gasteiger partial charge in [0.1, 0.15) is 18.8 Å². The number of hydrogen-bond donors (Lipinski definition) is 3. The Kier molecular flexibility index (Phi) is 50.1. The summed E-state index contributed by atoms with van der Waals surface area (Å²) in [5.41, 5.74) is 0. The molecule has 0 aromatic carbocycles. The number of carbonyl (C=O) groups is 4. The minimum atomic E-state index is -1.90. The van der Waals surface area contributed by atoms with Gasteiger partial charge in [0.15, 0.2) is 24.6 Å². The Balaban J connectivity index is 2.58. The van der Waals surface area contributed by atoms with E-state index in [1.807, 2.05) is 0 Å². The number of carboxylic acid groups (broad SMARTS) is 1. The Bertz CT molecular complexity index is 1480. The fraction of sp³-hybridized carbons (Fsp3) is 0.846. The van der Waals surface area contributed by atoms with Crippen molar-refractivity contribution >= 4 is 23.9 Å². The quantitative estimate of drug-likeness (QED) is 0.0228. The van der Waals surface area contributed by atoms with Crippen LogP contribution in [0.4, 0.5) is 0 Å². The first-order valence-corrected chi connectivity index (χ1v) is 32.0. The maximum absolute atomic E-state index is 13.1. The van der Waals surface area contributed by atoms with E-state index in [2.05, 4.69) is 57.2 Å². The minimum absolute atomic E-state index is 0.0656. The molecule has 77 heavy (non-hydrogen) atoms. The second-order valence-corrected chi connectivity index (χ2v) is 22.1. The van der Waals surface area contributed by atoms with E-state index >= 15 is 0 Å². The number of aliphatic hydroxyl groups excluding tert-OH is 2. The van der Waals surface area contributed by atoms with Crippen molar-refractivity contribution < 1.29 is 58.2 Å². The smallest absolute Gasteiger partial charge is 0.335 e. The molecule has 6 unspecified atom stereocenters. The molecule has 1 fully saturated rings. The Morgan fingerprint density at radius 2 is 0.779 bits per heavy atom. The molecule has 0 aromatic rings. The largest absolute Gasteiger partial charge is 0.479 e. The monoisotopic (exact) mass is 1090 g/mol. The Hall–Kier alpha value is -3.06. The third kappa shape index (κ3) is 43.4. The zero-order valence-electron chi connectivity index (χ0n) is 49.5. The average molecular weight is 1090 g/mol. The number of hydrogen-bond acceptors (Lipinski definition) is 11. The molecule has 3 N–H and O–H groups in total. The van der Waals surface area contributed by atoms with Crippen molar-refractivity contribution in [1.82, 2.24) is 0 Å². The molecule has 0 spiro atoms. The number of ether oxygens (including phenoxy) is 5. The van der Waals surface area contributed by atoms with E-state index in [0.29, 0.717) is 19.3 Å². The van der Waals surface area contributed by atoms with Gasteiger partial charge in [0, 0.05) is 19.3 Å². The molecule has 1 heterocycles. The molecule has 0 aliphatic carbocycles. The number of aliphatic hydroxyl groups is 2. The number of aliphatic carboxylic acids is 1. The van der Waals surface area contributed by atoms with Gasteiger partial charge in [-0.3, -0.25) is 14.4 Å². The number of carboxylic acids is 1. The average Bonchev–Trinajstić information content (AvgIpc) is 3.42. The highest BCUT2D eigenvalue weighted by atomic mass is 16.7. The van der Waals surface area contributed by atoms with E-state index in [1.54, 1.807) is 0 Å². The molecule has 12 heteroatoms. The van der Waals surface area contributed by atoms with E-state index in [0.717, 1.165) is 89.9 Å². The summed E-state index contributed by atoms with van der Waals surface area (Å²) in [5, 5.41) is 31.5. The van der Waals surface area contributed by atoms with Crippen molar-refractivity contribution in [2.45, 2.75) is 340 Å². The van der Waals surface area contributed by atoms with Gasteiger partial charge in [-0.05, 0) is 57.8 Å². The van der Waals surface area contributed by atoms with Crippen LogP contribution >= 0.6 is 0 Å². The van der Waals surface area contributed by atoms with Gasteiger partial charge >= 0.3 is 23.9 Å². The van der Waals surface area contributed by atoms with Gasteiger partial charge in [-0.1, -0.05) is 263 Å². The lowest BCUT2D eigenvalue weighted by atomic mass is 9.98. The molecule has 6 atom stereocenters. The molecular formula is C65H116O12. The highest BCUT2D eigenvalue weighted by Gasteiger charge is 2.50. The zero-order valence-corrected chi connectivity index (χ0v) is 49.5. The molecule has 0 bridgehead atoms. The number of esters is 3. The SMILES string of the molecule is CCCCC/C=C\C/C=C\C/C=C\CCCCCCCCC(=O)OCC(COC1OC(C(=O)O)C(O)C(O)C1OC(=O)CCCCCCCCCCCCCCCCCCCCC)OC(=O)CCCCCCCCCCC. The second kappa shape index (κ2) is 53.6. The summed E-state index contributed by atoms with van der Waals surface area (Å²) >= 11 is 0. The summed E-state index contributed by atoms with van der Waals surface area (Å²) in [5.74, 6) is -3.11. The maximum atomic E-state index is 13.1. The van der Waals surface area contributed by atoms with Gasteiger partial charge in [0.05, 0.1) is 6.61 Å². The lowest BCUT2D eigenvalue weighted by molar-refractivity contribution is -0.301. The fourth-order valence-corrected chi connectivity index (χ4v) is 9.79. The van der Waals surface area contributed by atoms with Crippen LogP contribution in [0.3, 0.4) is 0 Å². The van der Waals surface area contributed by atoms with E-state index in [4.69, 9.17) is 23.7 Å². The first-order valence-electron chi connectivity index (χ1n) is 32.0. The summed E-state index contributed by atoms with van der Waals surface area (Å²) in [6.07, 6.45) is 51.2. The third-order valence-electron chi connectivity index (χ3n) is 14.7. The molecule has 448 valence electrons. The van der Waals surface area contributed by atoms with Gasteiger partial charge in [-0.25, -0.2) is 4.79 Å². The van der Waals surface area contributed by atoms with Crippen LogP contribution < -0.4 is 0 Å². The third-order valence-corrected chi connectivity index (χ3v) is 14.7. The summed E-state index contributed by atoms with van der Waals surface area (Å²) in [7, 11) is 0. The zero-order chi connectivity index (χ0) is 56.1. The molecule has 1 saturated heterocycles. The summed E-state index contributed by atoms with van der Waals surface area (Å²) in [4.78, 5) is 51.1. The predicted molar refractivity (Wildman–Crippen MR) is 313 cm³/mol. The molecule has 1 aliphatic rings. The standard InChI is InChI=1S/C65H116O12/c1-4-7-10-13-16-19-21-23-25-27-29-31-33-35-37-40-42-45-48-51-57(66)73-54-56(75-58(67)52-49-46-43-39-18-15-12-9-6-3)55-74-65-63(61(70)60(69)62(77-65)64(71)72)76-59(68)53-50-47-44-41-38-36-34-32-30-28-26-24-22-20-17-14-11-8-5-2/h16,19,23,25,29,31,56,60-63,65,69-70H,4-15,17-18,20-22,24,26-28,30,32-55H2,1-3H3,(H,71,72)/b19-16-,25-23-,31-29-. The normalized spacial score (nSPS) is 18.2. The second-order valence-electron chi connectivity index (χ2n) is 22.1. The molecular weight excluding hydrogens is 973 g/mol. The molecule has 0 amide bonds. The molecule has 0 saturated carbocycles. The van der Waals surface area contributed by atoms with E-state index in [9.17, 15) is 34.5 Å². The van der Waals surface area contributed by atoms with E-state index in [1.165, 1.54) is 154 Å². The van der Waals surface area contributed by atoms with Crippen molar-refractivity contribution in [2.75, 3.05) is 13.2 Å². The molecule has 12 nitrogen and oxygen atoms in total. The number of unbranched alkanes of at least 4 members (excludes halogenated alkanes) is 35. The van der Waals surface area contributed by atoms with Gasteiger partial charge in [-0.15, -0.1) is 0 Å². The van der Waals surface area contributed by atoms with Crippen LogP contribution in [0.5, 0.6) is 0 Å². The van der Waals surface area contributed by atoms with Gasteiger partial charge in [-0.2, -0.15) is 0 Å². The molecule has 0 radical (unpaired) electrons. The lowest BCUT2D eigenvalue weighted by Gasteiger charge is -2.40. The first-order chi connectivity index (χ1) is 37.6. The van der Waals surface area contributed by atoms with Crippen molar-refractivity contribution in [3.8, 4) is 0 Å². The number of carbonyl (C=O) groups excluding carboxylic acids is 3. The van der Waals surface area contributed by atoms with Crippen LogP contribution in [0.1, 0.15) is 303 Å². The van der Waals surface area contributed by atoms with Crippen LogP contribution in [0.2, 0.25) is 0 Å². The van der Waals surface area contributed by atoms with E-state index in [-0.39, 0.29) is 25.9 Å². The van der Waals surface area contributed by atoms with E-state index < -0.39 is 67.3 Å². The predicted octanol–water partition coefficient (Wildman–Crippen LogP) is 16.8.